The van der Waals surface area contributed by atoms with Crippen LogP contribution in [0.3, 0.4) is 0 Å². The number of likely N-dealkylation sites (N-methyl/N-ethyl adjacent to an activating group) is 1. The number of anilines is 2. The molecule has 0 radical (unpaired) electrons. The zero-order valence-corrected chi connectivity index (χ0v) is 23.5. The fourth-order valence-electron chi connectivity index (χ4n) is 6.10. The number of nitrogens with one attached hydrogen (secondary N) is 2. The Kier molecular flexibility index (Phi) is 8.25. The lowest BCUT2D eigenvalue weighted by atomic mass is 9.72. The van der Waals surface area contributed by atoms with Crippen LogP contribution < -0.4 is 15.8 Å². The van der Waals surface area contributed by atoms with Crippen LogP contribution in [-0.2, 0) is 0 Å². The predicted molar refractivity (Wildman–Crippen MR) is 149 cm³/mol. The van der Waals surface area contributed by atoms with Crippen molar-refractivity contribution in [2.24, 2.45) is 5.92 Å². The summed E-state index contributed by atoms with van der Waals surface area (Å²) in [5.74, 6) is -5.09. The SMILES string of the molecule is C[C@@H]1CN(c2cc(F)c(C3=CCN(C(=O)O)C(C4CC(F)(F)C4)C3)cc2NC(=O)c2c[nH]c(=O)cc2C(F)F)CCN1C. The molecule has 2 fully saturated rings. The number of amides is 2. The molecule has 0 bridgehead atoms. The standard InChI is InChI=1S/C29H32F5N5O4/c1-15-14-38(6-5-37(15)2)24-10-21(30)18(8-22(24)36-27(41)20-13-35-25(40)9-19(20)26(31)32)16-3-4-39(28(42)43)23(7-16)17-11-29(33,34)12-17/h3,8-10,13,15,17,23,26H,4-7,11-12,14H2,1-2H3,(H,35,40)(H,36,41)(H,42,43)/t15-,23?/m1/s1. The highest BCUT2D eigenvalue weighted by Gasteiger charge is 2.51. The van der Waals surface area contributed by atoms with Crippen molar-refractivity contribution in [2.75, 3.05) is 43.4 Å². The number of hydrogen-bond donors (Lipinski definition) is 3. The first kappa shape index (κ1) is 30.5. The minimum Gasteiger partial charge on any atom is -0.465 e. The number of benzene rings is 1. The Morgan fingerprint density at radius 3 is 2.51 bits per heavy atom. The van der Waals surface area contributed by atoms with Gasteiger partial charge in [-0.25, -0.2) is 26.7 Å². The largest absolute Gasteiger partial charge is 0.465 e. The monoisotopic (exact) mass is 609 g/mol. The molecule has 2 amide bonds. The Labute approximate surface area is 244 Å². The van der Waals surface area contributed by atoms with Crippen LogP contribution in [0.25, 0.3) is 5.57 Å². The average molecular weight is 610 g/mol. The molecule has 3 aliphatic rings. The number of nitrogens with zero attached hydrogens (tertiary/aromatic N) is 3. The van der Waals surface area contributed by atoms with Crippen LogP contribution in [0.4, 0.5) is 38.1 Å². The van der Waals surface area contributed by atoms with Gasteiger partial charge in [-0.05, 0) is 44.0 Å². The maximum atomic E-state index is 15.8. The number of halogens is 5. The fraction of sp³-hybridized carbons (Fsp3) is 0.483. The smallest absolute Gasteiger partial charge is 0.407 e. The first-order valence-electron chi connectivity index (χ1n) is 13.9. The Morgan fingerprint density at radius 2 is 1.88 bits per heavy atom. The van der Waals surface area contributed by atoms with Crippen LogP contribution in [0.1, 0.15) is 54.1 Å². The summed E-state index contributed by atoms with van der Waals surface area (Å²) in [6.45, 7) is 3.45. The summed E-state index contributed by atoms with van der Waals surface area (Å²) in [7, 11) is 1.95. The van der Waals surface area contributed by atoms with E-state index in [1.54, 1.807) is 0 Å². The number of H-pyrrole nitrogens is 1. The number of hydrogen-bond acceptors (Lipinski definition) is 5. The minimum absolute atomic E-state index is 0.0162. The summed E-state index contributed by atoms with van der Waals surface area (Å²) in [4.78, 5) is 44.1. The molecule has 43 heavy (non-hydrogen) atoms. The second kappa shape index (κ2) is 11.6. The van der Waals surface area contributed by atoms with E-state index in [4.69, 9.17) is 0 Å². The van der Waals surface area contributed by atoms with Gasteiger partial charge in [0.05, 0.1) is 16.9 Å². The third kappa shape index (κ3) is 6.24. The van der Waals surface area contributed by atoms with E-state index in [1.807, 2.05) is 18.9 Å². The fourth-order valence-corrected chi connectivity index (χ4v) is 6.10. The molecule has 9 nitrogen and oxygen atoms in total. The van der Waals surface area contributed by atoms with Crippen molar-refractivity contribution in [1.82, 2.24) is 14.8 Å². The number of aromatic nitrogens is 1. The molecular weight excluding hydrogens is 577 g/mol. The van der Waals surface area contributed by atoms with E-state index in [-0.39, 0.29) is 30.3 Å². The van der Waals surface area contributed by atoms with E-state index < -0.39 is 71.7 Å². The molecule has 5 rings (SSSR count). The number of piperazine rings is 1. The highest BCUT2D eigenvalue weighted by Crippen LogP contribution is 2.48. The first-order chi connectivity index (χ1) is 20.2. The molecule has 1 saturated carbocycles. The van der Waals surface area contributed by atoms with Gasteiger partial charge in [-0.1, -0.05) is 6.08 Å². The van der Waals surface area contributed by atoms with Gasteiger partial charge in [0.15, 0.2) is 0 Å². The number of carboxylic acid groups (broad SMARTS) is 1. The normalized spacial score (nSPS) is 22.7. The number of alkyl halides is 4. The maximum absolute atomic E-state index is 15.8. The van der Waals surface area contributed by atoms with Gasteiger partial charge in [-0.2, -0.15) is 0 Å². The van der Waals surface area contributed by atoms with E-state index in [1.165, 1.54) is 18.2 Å². The molecule has 14 heteroatoms. The third-order valence-electron chi connectivity index (χ3n) is 8.69. The molecule has 1 aliphatic carbocycles. The molecule has 3 heterocycles. The quantitative estimate of drug-likeness (QED) is 0.397. The number of carbonyl (C=O) groups is 2. The van der Waals surface area contributed by atoms with Crippen molar-refractivity contribution in [3.63, 3.8) is 0 Å². The summed E-state index contributed by atoms with van der Waals surface area (Å²) in [6.07, 6.45) is -2.92. The van der Waals surface area contributed by atoms with Crippen molar-refractivity contribution >= 4 is 28.9 Å². The Morgan fingerprint density at radius 1 is 1.16 bits per heavy atom. The van der Waals surface area contributed by atoms with Crippen LogP contribution in [0.5, 0.6) is 0 Å². The molecule has 2 aliphatic heterocycles. The van der Waals surface area contributed by atoms with Gasteiger partial charge in [-0.15, -0.1) is 0 Å². The van der Waals surface area contributed by atoms with Crippen LogP contribution in [-0.4, -0.2) is 83.1 Å². The lowest BCUT2D eigenvalue weighted by molar-refractivity contribution is -0.128. The van der Waals surface area contributed by atoms with Crippen LogP contribution in [0, 0.1) is 11.7 Å². The third-order valence-corrected chi connectivity index (χ3v) is 8.69. The van der Waals surface area contributed by atoms with Crippen molar-refractivity contribution < 1.29 is 36.6 Å². The number of aromatic amines is 1. The van der Waals surface area contributed by atoms with Gasteiger partial charge in [0.2, 0.25) is 11.5 Å². The molecule has 1 aromatic carbocycles. The van der Waals surface area contributed by atoms with E-state index >= 15 is 4.39 Å². The van der Waals surface area contributed by atoms with E-state index in [0.29, 0.717) is 37.0 Å². The van der Waals surface area contributed by atoms with Crippen molar-refractivity contribution in [3.05, 3.63) is 63.3 Å². The topological polar surface area (TPSA) is 109 Å². The zero-order valence-electron chi connectivity index (χ0n) is 23.5. The van der Waals surface area contributed by atoms with Crippen LogP contribution >= 0.6 is 0 Å². The summed E-state index contributed by atoms with van der Waals surface area (Å²) in [6, 6.07) is 2.54. The number of pyridine rings is 1. The van der Waals surface area contributed by atoms with Crippen molar-refractivity contribution in [2.45, 2.75) is 50.6 Å². The summed E-state index contributed by atoms with van der Waals surface area (Å²) >= 11 is 0. The van der Waals surface area contributed by atoms with Gasteiger partial charge < -0.3 is 30.1 Å². The Hall–Kier alpha value is -3.94. The van der Waals surface area contributed by atoms with Gasteiger partial charge in [-0.3, -0.25) is 9.59 Å². The lowest BCUT2D eigenvalue weighted by Crippen LogP contribution is -2.52. The van der Waals surface area contributed by atoms with E-state index in [9.17, 15) is 37.1 Å². The molecule has 232 valence electrons. The highest BCUT2D eigenvalue weighted by atomic mass is 19.3. The van der Waals surface area contributed by atoms with E-state index in [2.05, 4.69) is 15.2 Å². The molecule has 1 unspecified atom stereocenters. The molecule has 2 atom stereocenters. The molecule has 1 saturated heterocycles. The average Bonchev–Trinajstić information content (AvgIpc) is 2.93. The molecular formula is C29H32F5N5O4. The Bertz CT molecular complexity index is 1500. The Balaban J connectivity index is 1.53. The molecule has 2 aromatic rings. The minimum atomic E-state index is -3.11. The van der Waals surface area contributed by atoms with Crippen molar-refractivity contribution in [3.8, 4) is 0 Å². The predicted octanol–water partition coefficient (Wildman–Crippen LogP) is 5.03. The van der Waals surface area contributed by atoms with Crippen molar-refractivity contribution in [1.29, 1.82) is 0 Å². The summed E-state index contributed by atoms with van der Waals surface area (Å²) < 4.78 is 70.6. The van der Waals surface area contributed by atoms with Gasteiger partial charge >= 0.3 is 6.09 Å². The first-order valence-corrected chi connectivity index (χ1v) is 13.9. The van der Waals surface area contributed by atoms with Crippen LogP contribution in [0.2, 0.25) is 0 Å². The van der Waals surface area contributed by atoms with Gasteiger partial charge in [0.1, 0.15) is 5.82 Å². The second-order valence-corrected chi connectivity index (χ2v) is 11.5. The highest BCUT2D eigenvalue weighted by molar-refractivity contribution is 6.07. The lowest BCUT2D eigenvalue weighted by Gasteiger charge is -2.45. The molecule has 0 spiro atoms. The maximum Gasteiger partial charge on any atom is 0.407 e. The molecule has 3 N–H and O–H groups in total. The second-order valence-electron chi connectivity index (χ2n) is 11.5. The molecule has 1 aromatic heterocycles. The van der Waals surface area contributed by atoms with Gasteiger partial charge in [0, 0.05) is 74.5 Å². The number of carbonyl (C=O) groups excluding carboxylic acids is 1. The van der Waals surface area contributed by atoms with E-state index in [0.717, 1.165) is 11.1 Å². The summed E-state index contributed by atoms with van der Waals surface area (Å²) in [5.41, 5.74) is -1.16. The summed E-state index contributed by atoms with van der Waals surface area (Å²) in [5, 5.41) is 12.3. The van der Waals surface area contributed by atoms with Gasteiger partial charge in [0.25, 0.3) is 12.3 Å². The number of rotatable bonds is 6. The van der Waals surface area contributed by atoms with Crippen LogP contribution in [0.15, 0.2) is 35.3 Å². The zero-order chi connectivity index (χ0) is 31.2.